The van der Waals surface area contributed by atoms with E-state index in [1.165, 1.54) is 26.2 Å². The number of hydrogen-bond donors (Lipinski definition) is 2. The summed E-state index contributed by atoms with van der Waals surface area (Å²) in [5, 5.41) is 18.3. The average molecular weight is 246 g/mol. The zero-order valence-electron chi connectivity index (χ0n) is 11.1. The normalized spacial score (nSPS) is 14.4. The number of aliphatic hydroxyl groups excluding tert-OH is 1. The van der Waals surface area contributed by atoms with Crippen LogP contribution in [0.2, 0.25) is 0 Å². The monoisotopic (exact) mass is 246 g/mol. The highest BCUT2D eigenvalue weighted by atomic mass is 16.5. The number of aliphatic hydroxyl groups is 2. The standard InChI is InChI=1S/C13H26O4/c1-3-4-5-6-7-8-12(15)17-10-9-13(2,16)11-14/h14,16H,3-11H2,1-2H3. The highest BCUT2D eigenvalue weighted by molar-refractivity contribution is 5.69. The Morgan fingerprint density at radius 2 is 1.88 bits per heavy atom. The minimum absolute atomic E-state index is 0.168. The topological polar surface area (TPSA) is 66.8 Å². The molecule has 0 fully saturated rings. The number of carbonyl (C=O) groups is 1. The van der Waals surface area contributed by atoms with E-state index in [9.17, 15) is 9.90 Å². The van der Waals surface area contributed by atoms with Crippen molar-refractivity contribution in [1.29, 1.82) is 0 Å². The fraction of sp³-hybridized carbons (Fsp3) is 0.923. The first-order valence-electron chi connectivity index (χ1n) is 6.50. The van der Waals surface area contributed by atoms with E-state index >= 15 is 0 Å². The van der Waals surface area contributed by atoms with E-state index < -0.39 is 5.60 Å². The SMILES string of the molecule is CCCCCCCC(=O)OCCC(C)(O)CO. The van der Waals surface area contributed by atoms with E-state index in [0.717, 1.165) is 12.8 Å². The molecular weight excluding hydrogens is 220 g/mol. The van der Waals surface area contributed by atoms with Crippen molar-refractivity contribution in [3.05, 3.63) is 0 Å². The van der Waals surface area contributed by atoms with Crippen molar-refractivity contribution in [2.45, 2.75) is 64.4 Å². The van der Waals surface area contributed by atoms with Gasteiger partial charge in [0.25, 0.3) is 0 Å². The van der Waals surface area contributed by atoms with Gasteiger partial charge in [-0.2, -0.15) is 0 Å². The van der Waals surface area contributed by atoms with E-state index in [4.69, 9.17) is 9.84 Å². The molecule has 4 nitrogen and oxygen atoms in total. The average Bonchev–Trinajstić information content (AvgIpc) is 2.28. The molecule has 0 aromatic carbocycles. The Labute approximate surface area is 104 Å². The second-order valence-corrected chi connectivity index (χ2v) is 4.79. The van der Waals surface area contributed by atoms with E-state index in [2.05, 4.69) is 6.92 Å². The second-order valence-electron chi connectivity index (χ2n) is 4.79. The van der Waals surface area contributed by atoms with E-state index in [-0.39, 0.29) is 25.6 Å². The number of rotatable bonds is 10. The molecule has 0 aliphatic carbocycles. The van der Waals surface area contributed by atoms with Gasteiger partial charge in [0.1, 0.15) is 0 Å². The Morgan fingerprint density at radius 3 is 2.47 bits per heavy atom. The molecule has 0 aromatic rings. The summed E-state index contributed by atoms with van der Waals surface area (Å²) in [6.07, 6.45) is 6.24. The summed E-state index contributed by atoms with van der Waals surface area (Å²) in [5.41, 5.74) is -1.15. The third-order valence-electron chi connectivity index (χ3n) is 2.73. The predicted octanol–water partition coefficient (Wildman–Crippen LogP) is 2.02. The van der Waals surface area contributed by atoms with Crippen LogP contribution in [-0.4, -0.2) is 35.0 Å². The summed E-state index contributed by atoms with van der Waals surface area (Å²) in [6, 6.07) is 0. The maximum atomic E-state index is 11.3. The molecular formula is C13H26O4. The lowest BCUT2D eigenvalue weighted by molar-refractivity contribution is -0.145. The Bertz CT molecular complexity index is 202. The molecule has 1 atom stereocenters. The molecule has 2 N–H and O–H groups in total. The maximum absolute atomic E-state index is 11.3. The molecule has 0 spiro atoms. The van der Waals surface area contributed by atoms with Gasteiger partial charge in [-0.3, -0.25) is 4.79 Å². The van der Waals surface area contributed by atoms with Crippen LogP contribution in [-0.2, 0) is 9.53 Å². The summed E-state index contributed by atoms with van der Waals surface area (Å²) in [6.45, 7) is 3.52. The highest BCUT2D eigenvalue weighted by Gasteiger charge is 2.19. The molecule has 0 bridgehead atoms. The van der Waals surface area contributed by atoms with Crippen molar-refractivity contribution >= 4 is 5.97 Å². The van der Waals surface area contributed by atoms with E-state index in [1.54, 1.807) is 0 Å². The van der Waals surface area contributed by atoms with Crippen molar-refractivity contribution in [2.75, 3.05) is 13.2 Å². The Hall–Kier alpha value is -0.610. The molecule has 1 unspecified atom stereocenters. The molecule has 0 aliphatic heterocycles. The first kappa shape index (κ1) is 16.4. The van der Waals surface area contributed by atoms with Crippen LogP contribution in [0.1, 0.15) is 58.8 Å². The van der Waals surface area contributed by atoms with Crippen LogP contribution in [0.25, 0.3) is 0 Å². The van der Waals surface area contributed by atoms with Gasteiger partial charge in [0, 0.05) is 12.8 Å². The summed E-state index contributed by atoms with van der Waals surface area (Å²) in [7, 11) is 0. The first-order valence-corrected chi connectivity index (χ1v) is 6.50. The third-order valence-corrected chi connectivity index (χ3v) is 2.73. The second kappa shape index (κ2) is 9.42. The third kappa shape index (κ3) is 10.3. The van der Waals surface area contributed by atoms with Gasteiger partial charge in [-0.1, -0.05) is 32.6 Å². The van der Waals surface area contributed by atoms with Gasteiger partial charge in [-0.25, -0.2) is 0 Å². The molecule has 0 radical (unpaired) electrons. The molecule has 0 aliphatic rings. The van der Waals surface area contributed by atoms with Crippen LogP contribution >= 0.6 is 0 Å². The molecule has 102 valence electrons. The largest absolute Gasteiger partial charge is 0.466 e. The molecule has 0 saturated carbocycles. The lowest BCUT2D eigenvalue weighted by Crippen LogP contribution is -2.30. The number of ether oxygens (including phenoxy) is 1. The number of carbonyl (C=O) groups excluding carboxylic acids is 1. The van der Waals surface area contributed by atoms with Crippen molar-refractivity contribution in [2.24, 2.45) is 0 Å². The van der Waals surface area contributed by atoms with Gasteiger partial charge in [0.05, 0.1) is 18.8 Å². The van der Waals surface area contributed by atoms with Crippen molar-refractivity contribution in [1.82, 2.24) is 0 Å². The van der Waals surface area contributed by atoms with Crippen LogP contribution < -0.4 is 0 Å². The summed E-state index contributed by atoms with van der Waals surface area (Å²) in [4.78, 5) is 11.3. The van der Waals surface area contributed by atoms with Crippen LogP contribution in [0.4, 0.5) is 0 Å². The fourth-order valence-corrected chi connectivity index (χ4v) is 1.41. The quantitative estimate of drug-likeness (QED) is 0.457. The van der Waals surface area contributed by atoms with Crippen LogP contribution in [0.15, 0.2) is 0 Å². The molecule has 0 rings (SSSR count). The minimum atomic E-state index is -1.15. The van der Waals surface area contributed by atoms with Gasteiger partial charge < -0.3 is 14.9 Å². The smallest absolute Gasteiger partial charge is 0.305 e. The molecule has 0 aromatic heterocycles. The molecule has 0 heterocycles. The highest BCUT2D eigenvalue weighted by Crippen LogP contribution is 2.09. The van der Waals surface area contributed by atoms with Crippen LogP contribution in [0.5, 0.6) is 0 Å². The van der Waals surface area contributed by atoms with Crippen molar-refractivity contribution < 1.29 is 19.7 Å². The number of esters is 1. The lowest BCUT2D eigenvalue weighted by Gasteiger charge is -2.19. The number of hydrogen-bond acceptors (Lipinski definition) is 4. The van der Waals surface area contributed by atoms with Gasteiger partial charge in [0.15, 0.2) is 0 Å². The summed E-state index contributed by atoms with van der Waals surface area (Å²) >= 11 is 0. The Morgan fingerprint density at radius 1 is 1.24 bits per heavy atom. The number of unbranched alkanes of at least 4 members (excludes halogenated alkanes) is 4. The van der Waals surface area contributed by atoms with Crippen molar-refractivity contribution in [3.63, 3.8) is 0 Å². The molecule has 0 saturated heterocycles. The fourth-order valence-electron chi connectivity index (χ4n) is 1.41. The van der Waals surface area contributed by atoms with Gasteiger partial charge in [0.2, 0.25) is 0 Å². The predicted molar refractivity (Wildman–Crippen MR) is 66.7 cm³/mol. The van der Waals surface area contributed by atoms with Crippen LogP contribution in [0, 0.1) is 0 Å². The zero-order chi connectivity index (χ0) is 13.1. The Balaban J connectivity index is 3.41. The van der Waals surface area contributed by atoms with Crippen LogP contribution in [0.3, 0.4) is 0 Å². The first-order chi connectivity index (χ1) is 8.02. The van der Waals surface area contributed by atoms with E-state index in [1.807, 2.05) is 0 Å². The van der Waals surface area contributed by atoms with Gasteiger partial charge >= 0.3 is 5.97 Å². The van der Waals surface area contributed by atoms with Gasteiger partial charge in [-0.05, 0) is 13.3 Å². The van der Waals surface area contributed by atoms with E-state index in [0.29, 0.717) is 6.42 Å². The minimum Gasteiger partial charge on any atom is -0.466 e. The molecule has 4 heteroatoms. The summed E-state index contributed by atoms with van der Waals surface area (Å²) in [5.74, 6) is -0.213. The van der Waals surface area contributed by atoms with Gasteiger partial charge in [-0.15, -0.1) is 0 Å². The van der Waals surface area contributed by atoms with Crippen molar-refractivity contribution in [3.8, 4) is 0 Å². The Kier molecular flexibility index (Phi) is 9.09. The zero-order valence-corrected chi connectivity index (χ0v) is 11.1. The molecule has 0 amide bonds. The lowest BCUT2D eigenvalue weighted by atomic mass is 10.1. The molecule has 17 heavy (non-hydrogen) atoms. The maximum Gasteiger partial charge on any atom is 0.305 e. The summed E-state index contributed by atoms with van der Waals surface area (Å²) < 4.78 is 4.98.